The van der Waals surface area contributed by atoms with Crippen LogP contribution < -0.4 is 4.90 Å². The number of carbonyl (C=O) groups excluding carboxylic acids is 1. The second-order valence-electron chi connectivity index (χ2n) is 7.95. The molecule has 7 nitrogen and oxygen atoms in total. The van der Waals surface area contributed by atoms with E-state index in [9.17, 15) is 4.79 Å². The molecule has 1 amide bonds. The molecule has 0 aliphatic carbocycles. The predicted molar refractivity (Wildman–Crippen MR) is 114 cm³/mol. The van der Waals surface area contributed by atoms with Gasteiger partial charge in [0.15, 0.2) is 0 Å². The fraction of sp³-hybridized carbons (Fsp3) is 0.348. The second-order valence-corrected chi connectivity index (χ2v) is 7.95. The van der Waals surface area contributed by atoms with Crippen molar-refractivity contribution in [3.05, 3.63) is 66.4 Å². The van der Waals surface area contributed by atoms with Gasteiger partial charge in [-0.05, 0) is 30.7 Å². The Morgan fingerprint density at radius 1 is 1.03 bits per heavy atom. The number of amides is 1. The summed E-state index contributed by atoms with van der Waals surface area (Å²) in [5.74, 6) is 0.0670. The number of benzene rings is 2. The van der Waals surface area contributed by atoms with Gasteiger partial charge in [-0.1, -0.05) is 35.5 Å². The number of ether oxygens (including phenoxy) is 1. The number of likely N-dealkylation sites (tertiary alicyclic amines) is 1. The Bertz CT molecular complexity index is 1010. The number of carbonyl (C=O) groups is 1. The first-order valence-electron chi connectivity index (χ1n) is 10.4. The average molecular weight is 403 g/mol. The first kappa shape index (κ1) is 18.8. The van der Waals surface area contributed by atoms with E-state index in [0.717, 1.165) is 42.0 Å². The van der Waals surface area contributed by atoms with Gasteiger partial charge in [-0.15, -0.1) is 5.10 Å². The summed E-state index contributed by atoms with van der Waals surface area (Å²) in [7, 11) is 1.76. The fourth-order valence-electron chi connectivity index (χ4n) is 4.14. The van der Waals surface area contributed by atoms with E-state index < -0.39 is 0 Å². The van der Waals surface area contributed by atoms with Crippen LogP contribution in [0.4, 0.5) is 5.69 Å². The second kappa shape index (κ2) is 7.91. The number of nitrogens with zero attached hydrogens (tertiary/aromatic N) is 5. The van der Waals surface area contributed by atoms with Gasteiger partial charge in [-0.3, -0.25) is 4.79 Å². The highest BCUT2D eigenvalue weighted by Gasteiger charge is 2.33. The number of aromatic nitrogens is 3. The van der Waals surface area contributed by atoms with Gasteiger partial charge in [0.05, 0.1) is 18.3 Å². The Morgan fingerprint density at radius 3 is 2.50 bits per heavy atom. The van der Waals surface area contributed by atoms with E-state index in [1.54, 1.807) is 7.11 Å². The lowest BCUT2D eigenvalue weighted by atomic mass is 10.1. The van der Waals surface area contributed by atoms with Crippen LogP contribution in [0.15, 0.2) is 60.8 Å². The van der Waals surface area contributed by atoms with Crippen LogP contribution in [0.25, 0.3) is 11.3 Å². The lowest BCUT2D eigenvalue weighted by molar-refractivity contribution is 0.0498. The zero-order valence-corrected chi connectivity index (χ0v) is 17.0. The van der Waals surface area contributed by atoms with Crippen LogP contribution in [0.3, 0.4) is 0 Å². The highest BCUT2D eigenvalue weighted by molar-refractivity contribution is 5.95. The lowest BCUT2D eigenvalue weighted by Gasteiger charge is -2.38. The maximum atomic E-state index is 12.8. The monoisotopic (exact) mass is 403 g/mol. The zero-order chi connectivity index (χ0) is 20.5. The van der Waals surface area contributed by atoms with Crippen molar-refractivity contribution >= 4 is 11.6 Å². The number of anilines is 1. The SMILES string of the molecule is COC1CCN(c2ccc(C(=O)N3CC(n4cc(-c5ccccc5)nn4)C3)cc2)C1. The zero-order valence-electron chi connectivity index (χ0n) is 17.0. The lowest BCUT2D eigenvalue weighted by Crippen LogP contribution is -2.50. The van der Waals surface area contributed by atoms with Gasteiger partial charge in [0.25, 0.3) is 5.91 Å². The van der Waals surface area contributed by atoms with Crippen LogP contribution in [0.1, 0.15) is 22.8 Å². The molecule has 2 aliphatic rings. The molecule has 154 valence electrons. The van der Waals surface area contributed by atoms with Gasteiger partial charge in [0.1, 0.15) is 5.69 Å². The Hall–Kier alpha value is -3.19. The Balaban J connectivity index is 1.18. The van der Waals surface area contributed by atoms with Crippen molar-refractivity contribution in [3.8, 4) is 11.3 Å². The molecular weight excluding hydrogens is 378 g/mol. The van der Waals surface area contributed by atoms with E-state index in [1.165, 1.54) is 0 Å². The summed E-state index contributed by atoms with van der Waals surface area (Å²) < 4.78 is 7.31. The van der Waals surface area contributed by atoms with Gasteiger partial charge in [0.2, 0.25) is 0 Å². The summed E-state index contributed by atoms with van der Waals surface area (Å²) in [6.07, 6.45) is 3.30. The summed E-state index contributed by atoms with van der Waals surface area (Å²) >= 11 is 0. The molecule has 1 unspecified atom stereocenters. The third-order valence-corrected chi connectivity index (χ3v) is 6.06. The average Bonchev–Trinajstić information content (AvgIpc) is 3.43. The summed E-state index contributed by atoms with van der Waals surface area (Å²) in [4.78, 5) is 17.0. The molecule has 2 aromatic carbocycles. The highest BCUT2D eigenvalue weighted by atomic mass is 16.5. The van der Waals surface area contributed by atoms with Gasteiger partial charge < -0.3 is 14.5 Å². The molecule has 2 aliphatic heterocycles. The number of hydrogen-bond donors (Lipinski definition) is 0. The van der Waals surface area contributed by atoms with Gasteiger partial charge in [-0.2, -0.15) is 0 Å². The van der Waals surface area contributed by atoms with E-state index in [2.05, 4.69) is 15.2 Å². The van der Waals surface area contributed by atoms with Gasteiger partial charge in [0, 0.05) is 50.1 Å². The van der Waals surface area contributed by atoms with Crippen molar-refractivity contribution in [2.75, 3.05) is 38.2 Å². The summed E-state index contributed by atoms with van der Waals surface area (Å²) in [5, 5.41) is 8.54. The molecule has 0 N–H and O–H groups in total. The molecule has 0 saturated carbocycles. The molecule has 2 saturated heterocycles. The number of methoxy groups -OCH3 is 1. The molecule has 1 aromatic heterocycles. The van der Waals surface area contributed by atoms with Crippen molar-refractivity contribution in [1.82, 2.24) is 19.9 Å². The molecule has 3 aromatic rings. The van der Waals surface area contributed by atoms with Gasteiger partial charge in [-0.25, -0.2) is 4.68 Å². The highest BCUT2D eigenvalue weighted by Crippen LogP contribution is 2.26. The molecule has 3 heterocycles. The van der Waals surface area contributed by atoms with Crippen molar-refractivity contribution in [2.45, 2.75) is 18.6 Å². The van der Waals surface area contributed by atoms with Gasteiger partial charge >= 0.3 is 0 Å². The van der Waals surface area contributed by atoms with E-state index >= 15 is 0 Å². The topological polar surface area (TPSA) is 63.5 Å². The third kappa shape index (κ3) is 3.57. The summed E-state index contributed by atoms with van der Waals surface area (Å²) in [6.45, 7) is 3.20. The Labute approximate surface area is 175 Å². The molecule has 7 heteroatoms. The molecule has 2 fully saturated rings. The van der Waals surface area contributed by atoms with E-state index in [-0.39, 0.29) is 11.9 Å². The molecular formula is C23H25N5O2. The maximum absolute atomic E-state index is 12.8. The quantitative estimate of drug-likeness (QED) is 0.656. The van der Waals surface area contributed by atoms with Crippen LogP contribution in [0, 0.1) is 0 Å². The molecule has 5 rings (SSSR count). The summed E-state index contributed by atoms with van der Waals surface area (Å²) in [5.41, 5.74) is 3.77. The first-order chi connectivity index (χ1) is 14.7. The van der Waals surface area contributed by atoms with Crippen molar-refractivity contribution in [1.29, 1.82) is 0 Å². The maximum Gasteiger partial charge on any atom is 0.254 e. The molecule has 0 bridgehead atoms. The largest absolute Gasteiger partial charge is 0.380 e. The van der Waals surface area contributed by atoms with E-state index in [0.29, 0.717) is 19.2 Å². The minimum Gasteiger partial charge on any atom is -0.380 e. The Morgan fingerprint density at radius 2 is 1.80 bits per heavy atom. The van der Waals surface area contributed by atoms with E-state index in [4.69, 9.17) is 4.74 Å². The predicted octanol–water partition coefficient (Wildman–Crippen LogP) is 2.87. The normalized spacial score (nSPS) is 19.2. The van der Waals surface area contributed by atoms with Crippen LogP contribution >= 0.6 is 0 Å². The molecule has 30 heavy (non-hydrogen) atoms. The van der Waals surface area contributed by atoms with Crippen LogP contribution in [-0.2, 0) is 4.74 Å². The van der Waals surface area contributed by atoms with Crippen LogP contribution in [-0.4, -0.2) is 65.2 Å². The van der Waals surface area contributed by atoms with Crippen LogP contribution in [0.2, 0.25) is 0 Å². The molecule has 1 atom stereocenters. The first-order valence-corrected chi connectivity index (χ1v) is 10.4. The molecule has 0 radical (unpaired) electrons. The van der Waals surface area contributed by atoms with Crippen molar-refractivity contribution < 1.29 is 9.53 Å². The van der Waals surface area contributed by atoms with Crippen LogP contribution in [0.5, 0.6) is 0 Å². The Kier molecular flexibility index (Phi) is 4.96. The smallest absolute Gasteiger partial charge is 0.254 e. The molecule has 0 spiro atoms. The van der Waals surface area contributed by atoms with Crippen molar-refractivity contribution in [3.63, 3.8) is 0 Å². The minimum absolute atomic E-state index is 0.0670. The van der Waals surface area contributed by atoms with Crippen molar-refractivity contribution in [2.24, 2.45) is 0 Å². The minimum atomic E-state index is 0.0670. The standard InChI is InChI=1S/C23H25N5O2/c1-30-21-11-12-26(15-21)19-9-7-18(8-10-19)23(29)27-13-20(14-27)28-16-22(24-25-28)17-5-3-2-4-6-17/h2-10,16,20-21H,11-15H2,1H3. The number of hydrogen-bond acceptors (Lipinski definition) is 5. The number of rotatable bonds is 5. The van der Waals surface area contributed by atoms with E-state index in [1.807, 2.05) is 70.4 Å². The third-order valence-electron chi connectivity index (χ3n) is 6.06. The fourth-order valence-corrected chi connectivity index (χ4v) is 4.14. The summed E-state index contributed by atoms with van der Waals surface area (Å²) in [6, 6.07) is 18.1.